The number of nitrogens with zero attached hydrogens (tertiary/aromatic N) is 2. The summed E-state index contributed by atoms with van der Waals surface area (Å²) in [5.41, 5.74) is 0. The molecule has 2 heterocycles. The maximum Gasteiger partial charge on any atom is 0.242 e. The minimum atomic E-state index is 0.0733. The van der Waals surface area contributed by atoms with Gasteiger partial charge in [0.1, 0.15) is 6.54 Å². The molecule has 2 aliphatic rings. The van der Waals surface area contributed by atoms with E-state index < -0.39 is 0 Å². The van der Waals surface area contributed by atoms with Gasteiger partial charge in [-0.3, -0.25) is 9.59 Å². The van der Waals surface area contributed by atoms with Crippen molar-refractivity contribution < 1.29 is 9.59 Å². The molecule has 0 aromatic heterocycles. The predicted molar refractivity (Wildman–Crippen MR) is 63.1 cm³/mol. The minimum absolute atomic E-state index is 0.0733. The maximum absolute atomic E-state index is 11.9. The van der Waals surface area contributed by atoms with Crippen LogP contribution in [0.15, 0.2) is 0 Å². The minimum Gasteiger partial charge on any atom is -0.338 e. The number of piperazine rings is 1. The second-order valence-corrected chi connectivity index (χ2v) is 5.22. The largest absolute Gasteiger partial charge is 0.338 e. The molecule has 2 amide bonds. The summed E-state index contributed by atoms with van der Waals surface area (Å²) in [6.45, 7) is 4.65. The van der Waals surface area contributed by atoms with Gasteiger partial charge in [-0.1, -0.05) is 0 Å². The maximum atomic E-state index is 11.9. The van der Waals surface area contributed by atoms with Crippen molar-refractivity contribution >= 4 is 23.6 Å². The van der Waals surface area contributed by atoms with E-state index in [9.17, 15) is 9.59 Å². The highest BCUT2D eigenvalue weighted by molar-refractivity contribution is 8.00. The zero-order valence-corrected chi connectivity index (χ0v) is 10.3. The van der Waals surface area contributed by atoms with Crippen LogP contribution in [-0.2, 0) is 9.59 Å². The molecule has 90 valence electrons. The molecule has 0 spiro atoms. The summed E-state index contributed by atoms with van der Waals surface area (Å²) in [5.74, 6) is 1.34. The number of rotatable bonds is 2. The Morgan fingerprint density at radius 1 is 1.62 bits per heavy atom. The summed E-state index contributed by atoms with van der Waals surface area (Å²) in [7, 11) is 0. The Kier molecular flexibility index (Phi) is 3.70. The summed E-state index contributed by atoms with van der Waals surface area (Å²) >= 11 is 1.57. The zero-order valence-electron chi connectivity index (χ0n) is 9.44. The Morgan fingerprint density at radius 3 is 3.06 bits per heavy atom. The van der Waals surface area contributed by atoms with Crippen molar-refractivity contribution in [1.29, 1.82) is 0 Å². The second-order valence-electron chi connectivity index (χ2n) is 4.26. The fourth-order valence-electron chi connectivity index (χ4n) is 1.96. The molecule has 1 N–H and O–H groups in total. The van der Waals surface area contributed by atoms with Crippen molar-refractivity contribution in [2.75, 3.05) is 37.8 Å². The average Bonchev–Trinajstić information content (AvgIpc) is 2.64. The van der Waals surface area contributed by atoms with E-state index in [4.69, 9.17) is 0 Å². The summed E-state index contributed by atoms with van der Waals surface area (Å²) in [6, 6.07) is 0.348. The standard InChI is InChI=1S/C10H17N3O2S/c1-8-4-12(3-2-11-8)9(14)5-13-7-16-6-10(13)15/h8,11H,2-7H2,1H3. The molecule has 6 heteroatoms. The zero-order chi connectivity index (χ0) is 11.5. The Labute approximate surface area is 99.5 Å². The smallest absolute Gasteiger partial charge is 0.242 e. The summed E-state index contributed by atoms with van der Waals surface area (Å²) in [5, 5.41) is 3.29. The van der Waals surface area contributed by atoms with Crippen molar-refractivity contribution in [1.82, 2.24) is 15.1 Å². The molecule has 0 aliphatic carbocycles. The van der Waals surface area contributed by atoms with E-state index in [-0.39, 0.29) is 18.4 Å². The fourth-order valence-corrected chi connectivity index (χ4v) is 2.87. The molecule has 0 radical (unpaired) electrons. The Balaban J connectivity index is 1.85. The molecule has 2 rings (SSSR count). The van der Waals surface area contributed by atoms with Crippen LogP contribution >= 0.6 is 11.8 Å². The normalized spacial score (nSPS) is 26.3. The van der Waals surface area contributed by atoms with Gasteiger partial charge in [-0.25, -0.2) is 0 Å². The van der Waals surface area contributed by atoms with Gasteiger partial charge in [0.2, 0.25) is 11.8 Å². The number of hydrogen-bond acceptors (Lipinski definition) is 4. The van der Waals surface area contributed by atoms with Crippen LogP contribution in [-0.4, -0.2) is 65.5 Å². The molecular weight excluding hydrogens is 226 g/mol. The molecule has 1 unspecified atom stereocenters. The molecule has 1 atom stereocenters. The molecule has 2 aliphatic heterocycles. The van der Waals surface area contributed by atoms with E-state index in [1.165, 1.54) is 0 Å². The van der Waals surface area contributed by atoms with Gasteiger partial charge >= 0.3 is 0 Å². The van der Waals surface area contributed by atoms with E-state index in [2.05, 4.69) is 12.2 Å². The number of thioether (sulfide) groups is 1. The Bertz CT molecular complexity index is 298. The topological polar surface area (TPSA) is 52.7 Å². The van der Waals surface area contributed by atoms with Crippen LogP contribution in [0.5, 0.6) is 0 Å². The lowest BCUT2D eigenvalue weighted by atomic mass is 10.2. The van der Waals surface area contributed by atoms with Crippen LogP contribution in [0.3, 0.4) is 0 Å². The van der Waals surface area contributed by atoms with E-state index >= 15 is 0 Å². The van der Waals surface area contributed by atoms with Crippen LogP contribution in [0.1, 0.15) is 6.92 Å². The molecule has 2 saturated heterocycles. The van der Waals surface area contributed by atoms with Crippen LogP contribution < -0.4 is 5.32 Å². The van der Waals surface area contributed by atoms with Gasteiger partial charge in [-0.15, -0.1) is 11.8 Å². The monoisotopic (exact) mass is 243 g/mol. The quantitative estimate of drug-likeness (QED) is 0.699. The van der Waals surface area contributed by atoms with Crippen LogP contribution in [0.25, 0.3) is 0 Å². The third-order valence-corrected chi connectivity index (χ3v) is 3.82. The number of carbonyl (C=O) groups is 2. The van der Waals surface area contributed by atoms with Crippen LogP contribution in [0.2, 0.25) is 0 Å². The number of nitrogens with one attached hydrogen (secondary N) is 1. The number of carbonyl (C=O) groups excluding carboxylic acids is 2. The van der Waals surface area contributed by atoms with Crippen LogP contribution in [0.4, 0.5) is 0 Å². The fraction of sp³-hybridized carbons (Fsp3) is 0.800. The first kappa shape index (κ1) is 11.7. The first-order valence-corrected chi connectivity index (χ1v) is 6.69. The third kappa shape index (κ3) is 2.68. The van der Waals surface area contributed by atoms with Crippen molar-refractivity contribution in [3.05, 3.63) is 0 Å². The van der Waals surface area contributed by atoms with Gasteiger partial charge < -0.3 is 15.1 Å². The molecular formula is C10H17N3O2S. The van der Waals surface area contributed by atoms with Gasteiger partial charge in [0.15, 0.2) is 0 Å². The summed E-state index contributed by atoms with van der Waals surface area (Å²) < 4.78 is 0. The Hall–Kier alpha value is -0.750. The lowest BCUT2D eigenvalue weighted by molar-refractivity contribution is -0.138. The van der Waals surface area contributed by atoms with Gasteiger partial charge in [0.05, 0.1) is 11.6 Å². The predicted octanol–water partition coefficient (Wildman–Crippen LogP) is -0.660. The van der Waals surface area contributed by atoms with Crippen molar-refractivity contribution in [3.8, 4) is 0 Å². The molecule has 0 aromatic carbocycles. The highest BCUT2D eigenvalue weighted by Gasteiger charge is 2.26. The van der Waals surface area contributed by atoms with E-state index in [1.807, 2.05) is 4.90 Å². The molecule has 0 saturated carbocycles. The van der Waals surface area contributed by atoms with Gasteiger partial charge in [-0.05, 0) is 6.92 Å². The highest BCUT2D eigenvalue weighted by atomic mass is 32.2. The lowest BCUT2D eigenvalue weighted by Crippen LogP contribution is -2.53. The first-order valence-electron chi connectivity index (χ1n) is 5.53. The SMILES string of the molecule is CC1CN(C(=O)CN2CSCC2=O)CCN1. The van der Waals surface area contributed by atoms with Crippen molar-refractivity contribution in [3.63, 3.8) is 0 Å². The molecule has 0 bridgehead atoms. The first-order chi connectivity index (χ1) is 7.66. The van der Waals surface area contributed by atoms with Gasteiger partial charge in [0, 0.05) is 25.7 Å². The van der Waals surface area contributed by atoms with Gasteiger partial charge in [-0.2, -0.15) is 0 Å². The second kappa shape index (κ2) is 5.05. The van der Waals surface area contributed by atoms with E-state index in [0.29, 0.717) is 17.7 Å². The molecule has 5 nitrogen and oxygen atoms in total. The molecule has 0 aromatic rings. The Morgan fingerprint density at radius 2 is 2.44 bits per heavy atom. The summed E-state index contributed by atoms with van der Waals surface area (Å²) in [4.78, 5) is 26.8. The van der Waals surface area contributed by atoms with Gasteiger partial charge in [0.25, 0.3) is 0 Å². The number of amides is 2. The highest BCUT2D eigenvalue weighted by Crippen LogP contribution is 2.14. The average molecular weight is 243 g/mol. The number of hydrogen-bond donors (Lipinski definition) is 1. The van der Waals surface area contributed by atoms with Crippen LogP contribution in [0, 0.1) is 0 Å². The molecule has 2 fully saturated rings. The van der Waals surface area contributed by atoms with Crippen molar-refractivity contribution in [2.45, 2.75) is 13.0 Å². The third-order valence-electron chi connectivity index (χ3n) is 2.87. The van der Waals surface area contributed by atoms with E-state index in [0.717, 1.165) is 19.6 Å². The summed E-state index contributed by atoms with van der Waals surface area (Å²) in [6.07, 6.45) is 0. The van der Waals surface area contributed by atoms with Crippen molar-refractivity contribution in [2.24, 2.45) is 0 Å². The molecule has 16 heavy (non-hydrogen) atoms. The van der Waals surface area contributed by atoms with E-state index in [1.54, 1.807) is 16.7 Å². The lowest BCUT2D eigenvalue weighted by Gasteiger charge is -2.32.